The number of amides is 3. The quantitative estimate of drug-likeness (QED) is 0.868. The molecule has 1 aliphatic rings. The van der Waals surface area contributed by atoms with Gasteiger partial charge in [-0.1, -0.05) is 12.1 Å². The van der Waals surface area contributed by atoms with Gasteiger partial charge in [0, 0.05) is 37.0 Å². The highest BCUT2D eigenvalue weighted by Gasteiger charge is 2.21. The Bertz CT molecular complexity index is 813. The molecule has 0 bridgehead atoms. The van der Waals surface area contributed by atoms with E-state index in [9.17, 15) is 14.4 Å². The molecule has 1 fully saturated rings. The Labute approximate surface area is 152 Å². The Morgan fingerprint density at radius 2 is 1.73 bits per heavy atom. The van der Waals surface area contributed by atoms with Gasteiger partial charge in [0.05, 0.1) is 6.42 Å². The standard InChI is InChI=1S/C20H21N3O3/c1-21-20(26)15-6-8-16(9-7-15)22-18(24)13-14-4-10-17(11-5-14)23-12-2-3-19(23)25/h4-11H,2-3,12-13H2,1H3,(H,21,26)(H,22,24). The summed E-state index contributed by atoms with van der Waals surface area (Å²) in [7, 11) is 1.57. The molecule has 3 amide bonds. The third-order valence-electron chi connectivity index (χ3n) is 4.34. The highest BCUT2D eigenvalue weighted by molar-refractivity contribution is 5.96. The minimum absolute atomic E-state index is 0.136. The van der Waals surface area contributed by atoms with E-state index in [1.807, 2.05) is 24.3 Å². The molecule has 2 aromatic rings. The summed E-state index contributed by atoms with van der Waals surface area (Å²) in [6, 6.07) is 14.2. The number of benzene rings is 2. The number of carbonyl (C=O) groups excluding carboxylic acids is 3. The van der Waals surface area contributed by atoms with E-state index in [0.717, 1.165) is 24.2 Å². The monoisotopic (exact) mass is 351 g/mol. The number of carbonyl (C=O) groups is 3. The van der Waals surface area contributed by atoms with Crippen LogP contribution >= 0.6 is 0 Å². The second kappa shape index (κ2) is 7.82. The molecule has 0 spiro atoms. The summed E-state index contributed by atoms with van der Waals surface area (Å²) in [5, 5.41) is 5.37. The second-order valence-electron chi connectivity index (χ2n) is 6.20. The van der Waals surface area contributed by atoms with Gasteiger partial charge < -0.3 is 15.5 Å². The summed E-state index contributed by atoms with van der Waals surface area (Å²) in [5.74, 6) is -0.155. The molecule has 0 unspecified atom stereocenters. The number of nitrogens with one attached hydrogen (secondary N) is 2. The lowest BCUT2D eigenvalue weighted by Crippen LogP contribution is -2.23. The maximum Gasteiger partial charge on any atom is 0.251 e. The summed E-state index contributed by atoms with van der Waals surface area (Å²) in [6.45, 7) is 0.755. The van der Waals surface area contributed by atoms with E-state index in [1.165, 1.54) is 0 Å². The average Bonchev–Trinajstić information content (AvgIpc) is 3.08. The van der Waals surface area contributed by atoms with Gasteiger partial charge in [-0.3, -0.25) is 14.4 Å². The first-order valence-electron chi connectivity index (χ1n) is 8.58. The molecular weight excluding hydrogens is 330 g/mol. The molecule has 6 heteroatoms. The smallest absolute Gasteiger partial charge is 0.251 e. The van der Waals surface area contributed by atoms with Crippen LogP contribution in [0, 0.1) is 0 Å². The van der Waals surface area contributed by atoms with Crippen molar-refractivity contribution in [3.8, 4) is 0 Å². The van der Waals surface area contributed by atoms with Crippen LogP contribution in [-0.2, 0) is 16.0 Å². The third kappa shape index (κ3) is 4.08. The number of hydrogen-bond donors (Lipinski definition) is 2. The fourth-order valence-corrected chi connectivity index (χ4v) is 2.95. The lowest BCUT2D eigenvalue weighted by Gasteiger charge is -2.15. The van der Waals surface area contributed by atoms with E-state index in [0.29, 0.717) is 17.7 Å². The summed E-state index contributed by atoms with van der Waals surface area (Å²) in [4.78, 5) is 37.2. The van der Waals surface area contributed by atoms with Gasteiger partial charge in [-0.05, 0) is 48.4 Å². The van der Waals surface area contributed by atoms with Crippen molar-refractivity contribution in [2.24, 2.45) is 0 Å². The maximum atomic E-state index is 12.2. The van der Waals surface area contributed by atoms with Crippen LogP contribution in [0.5, 0.6) is 0 Å². The van der Waals surface area contributed by atoms with E-state index in [-0.39, 0.29) is 24.1 Å². The summed E-state index contributed by atoms with van der Waals surface area (Å²) in [5.41, 5.74) is 2.93. The molecule has 26 heavy (non-hydrogen) atoms. The van der Waals surface area contributed by atoms with Crippen molar-refractivity contribution in [3.05, 3.63) is 59.7 Å². The fourth-order valence-electron chi connectivity index (χ4n) is 2.95. The van der Waals surface area contributed by atoms with Gasteiger partial charge >= 0.3 is 0 Å². The zero-order chi connectivity index (χ0) is 18.5. The zero-order valence-corrected chi connectivity index (χ0v) is 14.6. The minimum Gasteiger partial charge on any atom is -0.355 e. The fraction of sp³-hybridized carbons (Fsp3) is 0.250. The third-order valence-corrected chi connectivity index (χ3v) is 4.34. The Balaban J connectivity index is 1.57. The normalized spacial score (nSPS) is 13.6. The number of anilines is 2. The molecule has 1 saturated heterocycles. The first kappa shape index (κ1) is 17.7. The summed E-state index contributed by atoms with van der Waals surface area (Å²) in [6.07, 6.45) is 1.73. The van der Waals surface area contributed by atoms with Crippen molar-refractivity contribution < 1.29 is 14.4 Å². The predicted octanol–water partition coefficient (Wildman–Crippen LogP) is 2.35. The van der Waals surface area contributed by atoms with Crippen molar-refractivity contribution in [1.82, 2.24) is 5.32 Å². The van der Waals surface area contributed by atoms with Gasteiger partial charge in [-0.15, -0.1) is 0 Å². The Morgan fingerprint density at radius 3 is 2.31 bits per heavy atom. The molecule has 0 saturated carbocycles. The van der Waals surface area contributed by atoms with Crippen molar-refractivity contribution >= 4 is 29.1 Å². The van der Waals surface area contributed by atoms with Gasteiger partial charge in [0.2, 0.25) is 11.8 Å². The second-order valence-corrected chi connectivity index (χ2v) is 6.20. The first-order chi connectivity index (χ1) is 12.6. The van der Waals surface area contributed by atoms with E-state index in [2.05, 4.69) is 10.6 Å². The van der Waals surface area contributed by atoms with Crippen LogP contribution in [0.25, 0.3) is 0 Å². The highest BCUT2D eigenvalue weighted by Crippen LogP contribution is 2.21. The molecule has 6 nitrogen and oxygen atoms in total. The van der Waals surface area contributed by atoms with E-state index < -0.39 is 0 Å². The van der Waals surface area contributed by atoms with Crippen LogP contribution < -0.4 is 15.5 Å². The van der Waals surface area contributed by atoms with Crippen LogP contribution in [-0.4, -0.2) is 31.3 Å². The van der Waals surface area contributed by atoms with E-state index in [4.69, 9.17) is 0 Å². The number of rotatable bonds is 5. The molecule has 0 atom stereocenters. The van der Waals surface area contributed by atoms with Crippen molar-refractivity contribution in [2.75, 3.05) is 23.8 Å². The van der Waals surface area contributed by atoms with Crippen molar-refractivity contribution in [1.29, 1.82) is 0 Å². The Morgan fingerprint density at radius 1 is 1.04 bits per heavy atom. The molecule has 0 aliphatic carbocycles. The topological polar surface area (TPSA) is 78.5 Å². The van der Waals surface area contributed by atoms with Crippen LogP contribution in [0.15, 0.2) is 48.5 Å². The minimum atomic E-state index is -0.167. The lowest BCUT2D eigenvalue weighted by molar-refractivity contribution is -0.117. The molecule has 2 N–H and O–H groups in total. The van der Waals surface area contributed by atoms with Crippen LogP contribution in [0.4, 0.5) is 11.4 Å². The molecule has 3 rings (SSSR count). The van der Waals surface area contributed by atoms with Crippen LogP contribution in [0.3, 0.4) is 0 Å². The average molecular weight is 351 g/mol. The molecular formula is C20H21N3O3. The van der Waals surface area contributed by atoms with Crippen molar-refractivity contribution in [3.63, 3.8) is 0 Å². The highest BCUT2D eigenvalue weighted by atomic mass is 16.2. The van der Waals surface area contributed by atoms with Gasteiger partial charge in [0.1, 0.15) is 0 Å². The Kier molecular flexibility index (Phi) is 5.31. The molecule has 1 aliphatic heterocycles. The largest absolute Gasteiger partial charge is 0.355 e. The van der Waals surface area contributed by atoms with Crippen molar-refractivity contribution in [2.45, 2.75) is 19.3 Å². The molecule has 2 aromatic carbocycles. The summed E-state index contributed by atoms with van der Waals surface area (Å²) < 4.78 is 0. The van der Waals surface area contributed by atoms with Gasteiger partial charge in [-0.2, -0.15) is 0 Å². The van der Waals surface area contributed by atoms with Gasteiger partial charge in [0.25, 0.3) is 5.91 Å². The predicted molar refractivity (Wildman–Crippen MR) is 100 cm³/mol. The van der Waals surface area contributed by atoms with E-state index in [1.54, 1.807) is 36.2 Å². The maximum absolute atomic E-state index is 12.2. The summed E-state index contributed by atoms with van der Waals surface area (Å²) >= 11 is 0. The van der Waals surface area contributed by atoms with Gasteiger partial charge in [0.15, 0.2) is 0 Å². The SMILES string of the molecule is CNC(=O)c1ccc(NC(=O)Cc2ccc(N3CCCC3=O)cc2)cc1. The lowest BCUT2D eigenvalue weighted by atomic mass is 10.1. The van der Waals surface area contributed by atoms with Crippen LogP contribution in [0.1, 0.15) is 28.8 Å². The van der Waals surface area contributed by atoms with Crippen LogP contribution in [0.2, 0.25) is 0 Å². The molecule has 1 heterocycles. The molecule has 0 aromatic heterocycles. The van der Waals surface area contributed by atoms with E-state index >= 15 is 0 Å². The zero-order valence-electron chi connectivity index (χ0n) is 14.6. The molecule has 134 valence electrons. The number of hydrogen-bond acceptors (Lipinski definition) is 3. The molecule has 0 radical (unpaired) electrons. The first-order valence-corrected chi connectivity index (χ1v) is 8.58. The Hall–Kier alpha value is -3.15. The number of nitrogens with zero attached hydrogens (tertiary/aromatic N) is 1. The van der Waals surface area contributed by atoms with Gasteiger partial charge in [-0.25, -0.2) is 0 Å².